The standard InChI is InChI=1S/C9H10ClNO2/c1-6-3-4-7(10)8(11-6)5-9(12)13-2/h3-4H,5H2,1-2H3. The minimum atomic E-state index is -0.333. The van der Waals surface area contributed by atoms with Gasteiger partial charge in [-0.25, -0.2) is 0 Å². The molecule has 13 heavy (non-hydrogen) atoms. The molecule has 1 heterocycles. The number of methoxy groups -OCH3 is 1. The fourth-order valence-electron chi connectivity index (χ4n) is 0.926. The predicted octanol–water partition coefficient (Wildman–Crippen LogP) is 1.76. The van der Waals surface area contributed by atoms with E-state index in [0.29, 0.717) is 10.7 Å². The van der Waals surface area contributed by atoms with E-state index in [1.807, 2.05) is 6.92 Å². The Labute approximate surface area is 81.7 Å². The molecule has 0 aliphatic heterocycles. The smallest absolute Gasteiger partial charge is 0.311 e. The van der Waals surface area contributed by atoms with Crippen LogP contribution in [0.5, 0.6) is 0 Å². The molecule has 0 fully saturated rings. The highest BCUT2D eigenvalue weighted by molar-refractivity contribution is 6.31. The third kappa shape index (κ3) is 2.70. The third-order valence-electron chi connectivity index (χ3n) is 1.60. The minimum absolute atomic E-state index is 0.122. The summed E-state index contributed by atoms with van der Waals surface area (Å²) in [5.74, 6) is -0.333. The Morgan fingerprint density at radius 3 is 2.92 bits per heavy atom. The zero-order valence-electron chi connectivity index (χ0n) is 7.50. The fourth-order valence-corrected chi connectivity index (χ4v) is 1.10. The van der Waals surface area contributed by atoms with Crippen LogP contribution in [0.3, 0.4) is 0 Å². The fraction of sp³-hybridized carbons (Fsp3) is 0.333. The van der Waals surface area contributed by atoms with Crippen molar-refractivity contribution in [2.75, 3.05) is 7.11 Å². The van der Waals surface area contributed by atoms with Crippen molar-refractivity contribution in [2.24, 2.45) is 0 Å². The first-order valence-electron chi connectivity index (χ1n) is 3.82. The summed E-state index contributed by atoms with van der Waals surface area (Å²) < 4.78 is 4.51. The number of hydrogen-bond donors (Lipinski definition) is 0. The highest BCUT2D eigenvalue weighted by Crippen LogP contribution is 2.14. The molecule has 1 aromatic rings. The highest BCUT2D eigenvalue weighted by Gasteiger charge is 2.08. The van der Waals surface area contributed by atoms with Gasteiger partial charge in [-0.15, -0.1) is 0 Å². The van der Waals surface area contributed by atoms with Gasteiger partial charge in [-0.2, -0.15) is 0 Å². The van der Waals surface area contributed by atoms with Gasteiger partial charge in [0.05, 0.1) is 24.2 Å². The largest absolute Gasteiger partial charge is 0.469 e. The Kier molecular flexibility index (Phi) is 3.25. The lowest BCUT2D eigenvalue weighted by Gasteiger charge is -2.02. The number of pyridine rings is 1. The first-order valence-corrected chi connectivity index (χ1v) is 4.20. The normalized spacial score (nSPS) is 9.77. The van der Waals surface area contributed by atoms with Crippen LogP contribution < -0.4 is 0 Å². The quantitative estimate of drug-likeness (QED) is 0.682. The maximum Gasteiger partial charge on any atom is 0.311 e. The lowest BCUT2D eigenvalue weighted by molar-refractivity contribution is -0.139. The summed E-state index contributed by atoms with van der Waals surface area (Å²) in [4.78, 5) is 15.1. The van der Waals surface area contributed by atoms with E-state index >= 15 is 0 Å². The van der Waals surface area contributed by atoms with Gasteiger partial charge in [0.25, 0.3) is 0 Å². The van der Waals surface area contributed by atoms with E-state index < -0.39 is 0 Å². The first-order chi connectivity index (χ1) is 6.13. The molecule has 0 radical (unpaired) electrons. The zero-order chi connectivity index (χ0) is 9.84. The molecule has 1 aromatic heterocycles. The van der Waals surface area contributed by atoms with Crippen molar-refractivity contribution in [3.8, 4) is 0 Å². The number of carbonyl (C=O) groups is 1. The van der Waals surface area contributed by atoms with Gasteiger partial charge < -0.3 is 4.74 Å². The number of halogens is 1. The molecule has 0 aliphatic carbocycles. The average Bonchev–Trinajstić information content (AvgIpc) is 2.11. The summed E-state index contributed by atoms with van der Waals surface area (Å²) in [5, 5.41) is 0.496. The lowest BCUT2D eigenvalue weighted by Crippen LogP contribution is -2.07. The molecule has 1 rings (SSSR count). The van der Waals surface area contributed by atoms with Crippen LogP contribution >= 0.6 is 11.6 Å². The van der Waals surface area contributed by atoms with Gasteiger partial charge in [-0.3, -0.25) is 9.78 Å². The van der Waals surface area contributed by atoms with Crippen LogP contribution in [0.15, 0.2) is 12.1 Å². The second-order valence-corrected chi connectivity index (χ2v) is 3.04. The Morgan fingerprint density at radius 2 is 2.31 bits per heavy atom. The van der Waals surface area contributed by atoms with Gasteiger partial charge in [-0.1, -0.05) is 11.6 Å². The van der Waals surface area contributed by atoms with Gasteiger partial charge in [0.2, 0.25) is 0 Å². The molecule has 70 valence electrons. The first kappa shape index (κ1) is 9.99. The summed E-state index contributed by atoms with van der Waals surface area (Å²) in [6.45, 7) is 1.84. The van der Waals surface area contributed by atoms with E-state index in [-0.39, 0.29) is 12.4 Å². The maximum absolute atomic E-state index is 10.9. The van der Waals surface area contributed by atoms with Gasteiger partial charge >= 0.3 is 5.97 Å². The summed E-state index contributed by atoms with van der Waals surface area (Å²) in [7, 11) is 1.34. The number of aromatic nitrogens is 1. The molecule has 0 unspecified atom stereocenters. The van der Waals surface area contributed by atoms with Crippen LogP contribution in [0.2, 0.25) is 5.02 Å². The Balaban J connectivity index is 2.87. The van der Waals surface area contributed by atoms with Crippen molar-refractivity contribution in [3.63, 3.8) is 0 Å². The number of carbonyl (C=O) groups excluding carboxylic acids is 1. The Bertz CT molecular complexity index is 325. The van der Waals surface area contributed by atoms with Crippen LogP contribution in [-0.2, 0) is 16.0 Å². The molecule has 3 nitrogen and oxygen atoms in total. The van der Waals surface area contributed by atoms with Crippen molar-refractivity contribution in [2.45, 2.75) is 13.3 Å². The third-order valence-corrected chi connectivity index (χ3v) is 1.94. The molecule has 4 heteroatoms. The molecule has 0 saturated heterocycles. The molecule has 0 bridgehead atoms. The number of hydrogen-bond acceptors (Lipinski definition) is 3. The van der Waals surface area contributed by atoms with Crippen molar-refractivity contribution < 1.29 is 9.53 Å². The van der Waals surface area contributed by atoms with Crippen LogP contribution in [0.1, 0.15) is 11.4 Å². The lowest BCUT2D eigenvalue weighted by atomic mass is 10.2. The second kappa shape index (κ2) is 4.23. The molecule has 0 atom stereocenters. The average molecular weight is 200 g/mol. The highest BCUT2D eigenvalue weighted by atomic mass is 35.5. The number of rotatable bonds is 2. The van der Waals surface area contributed by atoms with Crippen LogP contribution in [0.4, 0.5) is 0 Å². The topological polar surface area (TPSA) is 39.2 Å². The number of ether oxygens (including phenoxy) is 1. The number of esters is 1. The van der Waals surface area contributed by atoms with E-state index in [1.165, 1.54) is 7.11 Å². The van der Waals surface area contributed by atoms with Crippen LogP contribution in [0, 0.1) is 6.92 Å². The summed E-state index contributed by atoms with van der Waals surface area (Å²) >= 11 is 5.83. The molecule has 0 aromatic carbocycles. The summed E-state index contributed by atoms with van der Waals surface area (Å²) in [6, 6.07) is 3.52. The molecular weight excluding hydrogens is 190 g/mol. The zero-order valence-corrected chi connectivity index (χ0v) is 8.26. The van der Waals surface area contributed by atoms with Gasteiger partial charge in [0.15, 0.2) is 0 Å². The molecule has 0 aliphatic rings. The molecule has 0 spiro atoms. The van der Waals surface area contributed by atoms with Gasteiger partial charge in [-0.05, 0) is 19.1 Å². The van der Waals surface area contributed by atoms with E-state index in [2.05, 4.69) is 9.72 Å². The number of aryl methyl sites for hydroxylation is 1. The molecule has 0 N–H and O–H groups in total. The summed E-state index contributed by atoms with van der Waals surface area (Å²) in [5.41, 5.74) is 1.40. The molecule has 0 saturated carbocycles. The number of nitrogens with zero attached hydrogens (tertiary/aromatic N) is 1. The van der Waals surface area contributed by atoms with Crippen molar-refractivity contribution in [1.29, 1.82) is 0 Å². The van der Waals surface area contributed by atoms with Crippen molar-refractivity contribution >= 4 is 17.6 Å². The second-order valence-electron chi connectivity index (χ2n) is 2.63. The Morgan fingerprint density at radius 1 is 1.62 bits per heavy atom. The van der Waals surface area contributed by atoms with E-state index in [4.69, 9.17) is 11.6 Å². The van der Waals surface area contributed by atoms with E-state index in [0.717, 1.165) is 5.69 Å². The van der Waals surface area contributed by atoms with Crippen molar-refractivity contribution in [3.05, 3.63) is 28.5 Å². The SMILES string of the molecule is COC(=O)Cc1nc(C)ccc1Cl. The monoisotopic (exact) mass is 199 g/mol. The molecular formula is C9H10ClNO2. The minimum Gasteiger partial charge on any atom is -0.469 e. The predicted molar refractivity (Wildman–Crippen MR) is 49.7 cm³/mol. The maximum atomic E-state index is 10.9. The molecule has 0 amide bonds. The van der Waals surface area contributed by atoms with E-state index in [9.17, 15) is 4.79 Å². The van der Waals surface area contributed by atoms with Crippen LogP contribution in [-0.4, -0.2) is 18.1 Å². The van der Waals surface area contributed by atoms with Crippen molar-refractivity contribution in [1.82, 2.24) is 4.98 Å². The summed E-state index contributed by atoms with van der Waals surface area (Å²) in [6.07, 6.45) is 0.122. The van der Waals surface area contributed by atoms with Gasteiger partial charge in [0, 0.05) is 5.69 Å². The van der Waals surface area contributed by atoms with E-state index in [1.54, 1.807) is 12.1 Å². The van der Waals surface area contributed by atoms with Crippen LogP contribution in [0.25, 0.3) is 0 Å². The van der Waals surface area contributed by atoms with Gasteiger partial charge in [0.1, 0.15) is 0 Å². The Hall–Kier alpha value is -1.09.